The van der Waals surface area contributed by atoms with Crippen molar-refractivity contribution in [1.29, 1.82) is 5.26 Å². The summed E-state index contributed by atoms with van der Waals surface area (Å²) in [5, 5.41) is 15.4. The topological polar surface area (TPSA) is 83.4 Å². The van der Waals surface area contributed by atoms with E-state index in [1.54, 1.807) is 18.2 Å². The van der Waals surface area contributed by atoms with E-state index in [2.05, 4.69) is 10.6 Å². The molecule has 0 spiro atoms. The van der Waals surface area contributed by atoms with Crippen LogP contribution in [0.15, 0.2) is 54.2 Å². The molecule has 0 aliphatic carbocycles. The minimum absolute atomic E-state index is 0.0495. The Bertz CT molecular complexity index is 921. The molecule has 1 heterocycles. The number of carbonyl (C=O) groups excluding carboxylic acids is 1. The average Bonchev–Trinajstić information content (AvgIpc) is 2.68. The Balaban J connectivity index is 1.58. The molecule has 27 heavy (non-hydrogen) atoms. The number of rotatable bonds is 5. The SMILES string of the molecule is Cc1ccc(Cl)cc1NC(=O)/C(C#N)=C\NCC1COc2ccccc2O1. The van der Waals surface area contributed by atoms with E-state index in [4.69, 9.17) is 21.1 Å². The van der Waals surface area contributed by atoms with Crippen LogP contribution < -0.4 is 20.1 Å². The number of carbonyl (C=O) groups is 1. The smallest absolute Gasteiger partial charge is 0.267 e. The van der Waals surface area contributed by atoms with E-state index in [-0.39, 0.29) is 11.7 Å². The lowest BCUT2D eigenvalue weighted by molar-refractivity contribution is -0.112. The van der Waals surface area contributed by atoms with Gasteiger partial charge in [0.05, 0.1) is 6.54 Å². The molecule has 1 aliphatic heterocycles. The Kier molecular flexibility index (Phi) is 5.84. The second-order valence-electron chi connectivity index (χ2n) is 5.99. The molecule has 0 radical (unpaired) electrons. The lowest BCUT2D eigenvalue weighted by Crippen LogP contribution is -2.37. The average molecular weight is 384 g/mol. The van der Waals surface area contributed by atoms with Gasteiger partial charge in [-0.25, -0.2) is 0 Å². The first-order valence-corrected chi connectivity index (χ1v) is 8.74. The largest absolute Gasteiger partial charge is 0.486 e. The molecule has 1 atom stereocenters. The van der Waals surface area contributed by atoms with E-state index in [0.29, 0.717) is 35.4 Å². The number of nitrogens with one attached hydrogen (secondary N) is 2. The molecule has 2 aromatic rings. The highest BCUT2D eigenvalue weighted by Crippen LogP contribution is 2.30. The van der Waals surface area contributed by atoms with E-state index in [0.717, 1.165) is 5.56 Å². The summed E-state index contributed by atoms with van der Waals surface area (Å²) in [5.74, 6) is 0.869. The summed E-state index contributed by atoms with van der Waals surface area (Å²) in [6.07, 6.45) is 1.15. The number of nitrogens with zero attached hydrogens (tertiary/aromatic N) is 1. The van der Waals surface area contributed by atoms with Gasteiger partial charge in [0.1, 0.15) is 24.4 Å². The van der Waals surface area contributed by atoms with Crippen molar-refractivity contribution in [2.45, 2.75) is 13.0 Å². The minimum atomic E-state index is -0.512. The summed E-state index contributed by atoms with van der Waals surface area (Å²) in [5.41, 5.74) is 1.37. The lowest BCUT2D eigenvalue weighted by Gasteiger charge is -2.26. The van der Waals surface area contributed by atoms with Gasteiger partial charge in [0.15, 0.2) is 11.5 Å². The summed E-state index contributed by atoms with van der Waals surface area (Å²) in [4.78, 5) is 12.3. The Hall–Kier alpha value is -3.17. The first-order chi connectivity index (χ1) is 13.1. The van der Waals surface area contributed by atoms with Gasteiger partial charge in [0, 0.05) is 16.9 Å². The quantitative estimate of drug-likeness (QED) is 0.610. The molecule has 0 fully saturated rings. The number of nitriles is 1. The Morgan fingerprint density at radius 3 is 2.89 bits per heavy atom. The monoisotopic (exact) mass is 383 g/mol. The van der Waals surface area contributed by atoms with Crippen molar-refractivity contribution >= 4 is 23.2 Å². The van der Waals surface area contributed by atoms with Gasteiger partial charge in [-0.15, -0.1) is 0 Å². The fraction of sp³-hybridized carbons (Fsp3) is 0.200. The van der Waals surface area contributed by atoms with Gasteiger partial charge < -0.3 is 20.1 Å². The van der Waals surface area contributed by atoms with Crippen molar-refractivity contribution in [3.8, 4) is 17.6 Å². The van der Waals surface area contributed by atoms with Crippen molar-refractivity contribution in [2.24, 2.45) is 0 Å². The number of aryl methyl sites for hydroxylation is 1. The van der Waals surface area contributed by atoms with Crippen LogP contribution in [0.4, 0.5) is 5.69 Å². The Morgan fingerprint density at radius 2 is 2.11 bits per heavy atom. The van der Waals surface area contributed by atoms with Gasteiger partial charge in [0.2, 0.25) is 0 Å². The molecule has 0 aromatic heterocycles. The second kappa shape index (κ2) is 8.47. The molecule has 1 amide bonds. The van der Waals surface area contributed by atoms with E-state index in [9.17, 15) is 10.1 Å². The number of benzene rings is 2. The highest BCUT2D eigenvalue weighted by molar-refractivity contribution is 6.31. The Labute approximate surface area is 162 Å². The maximum atomic E-state index is 12.3. The van der Waals surface area contributed by atoms with Gasteiger partial charge in [-0.1, -0.05) is 29.8 Å². The van der Waals surface area contributed by atoms with Crippen LogP contribution in [0.2, 0.25) is 5.02 Å². The predicted octanol–water partition coefficient (Wildman–Crippen LogP) is 3.42. The highest BCUT2D eigenvalue weighted by Gasteiger charge is 2.20. The third-order valence-corrected chi connectivity index (χ3v) is 4.21. The summed E-state index contributed by atoms with van der Waals surface area (Å²) in [7, 11) is 0. The number of halogens is 1. The summed E-state index contributed by atoms with van der Waals surface area (Å²) in [6.45, 7) is 2.62. The molecule has 0 saturated carbocycles. The number of para-hydroxylation sites is 2. The highest BCUT2D eigenvalue weighted by atomic mass is 35.5. The molecule has 1 unspecified atom stereocenters. The van der Waals surface area contributed by atoms with Crippen molar-refractivity contribution in [3.05, 3.63) is 64.8 Å². The normalized spacial score (nSPS) is 15.6. The number of ether oxygens (including phenoxy) is 2. The zero-order valence-corrected chi connectivity index (χ0v) is 15.4. The van der Waals surface area contributed by atoms with Gasteiger partial charge in [-0.05, 0) is 36.8 Å². The number of hydrogen-bond acceptors (Lipinski definition) is 5. The molecule has 2 N–H and O–H groups in total. The molecule has 7 heteroatoms. The minimum Gasteiger partial charge on any atom is -0.486 e. The van der Waals surface area contributed by atoms with Crippen molar-refractivity contribution < 1.29 is 14.3 Å². The summed E-state index contributed by atoms with van der Waals surface area (Å²) in [6, 6.07) is 14.5. The van der Waals surface area contributed by atoms with E-state index < -0.39 is 5.91 Å². The zero-order chi connectivity index (χ0) is 19.2. The van der Waals surface area contributed by atoms with E-state index in [1.807, 2.05) is 37.3 Å². The van der Waals surface area contributed by atoms with Crippen molar-refractivity contribution in [2.75, 3.05) is 18.5 Å². The van der Waals surface area contributed by atoms with Crippen LogP contribution in [-0.2, 0) is 4.79 Å². The molecule has 6 nitrogen and oxygen atoms in total. The standard InChI is InChI=1S/C20H18ClN3O3/c1-13-6-7-15(21)8-17(13)24-20(25)14(9-22)10-23-11-16-12-26-18-4-2-3-5-19(18)27-16/h2-8,10,16,23H,11-12H2,1H3,(H,24,25)/b14-10-. The second-order valence-corrected chi connectivity index (χ2v) is 6.43. The Morgan fingerprint density at radius 1 is 1.33 bits per heavy atom. The molecular formula is C20H18ClN3O3. The number of amides is 1. The summed E-state index contributed by atoms with van der Waals surface area (Å²) >= 11 is 5.95. The number of hydrogen-bond donors (Lipinski definition) is 2. The maximum Gasteiger partial charge on any atom is 0.267 e. The van der Waals surface area contributed by atoms with Gasteiger partial charge in [-0.2, -0.15) is 5.26 Å². The molecule has 3 rings (SSSR count). The van der Waals surface area contributed by atoms with Crippen LogP contribution in [0.1, 0.15) is 5.56 Å². The van der Waals surface area contributed by atoms with Crippen LogP contribution in [0.25, 0.3) is 0 Å². The molecule has 138 valence electrons. The van der Waals surface area contributed by atoms with Crippen molar-refractivity contribution in [1.82, 2.24) is 5.32 Å². The summed E-state index contributed by atoms with van der Waals surface area (Å²) < 4.78 is 11.4. The first-order valence-electron chi connectivity index (χ1n) is 8.36. The molecule has 1 aliphatic rings. The molecular weight excluding hydrogens is 366 g/mol. The maximum absolute atomic E-state index is 12.3. The fourth-order valence-corrected chi connectivity index (χ4v) is 2.70. The molecule has 2 aromatic carbocycles. The van der Waals surface area contributed by atoms with Crippen LogP contribution in [-0.4, -0.2) is 25.2 Å². The predicted molar refractivity (Wildman–Crippen MR) is 103 cm³/mol. The van der Waals surface area contributed by atoms with Crippen LogP contribution in [0.3, 0.4) is 0 Å². The van der Waals surface area contributed by atoms with E-state index >= 15 is 0 Å². The zero-order valence-electron chi connectivity index (χ0n) is 14.7. The van der Waals surface area contributed by atoms with Crippen LogP contribution >= 0.6 is 11.6 Å². The first kappa shape index (κ1) is 18.6. The molecule has 0 bridgehead atoms. The van der Waals surface area contributed by atoms with Gasteiger partial charge >= 0.3 is 0 Å². The lowest BCUT2D eigenvalue weighted by atomic mass is 10.2. The number of anilines is 1. The van der Waals surface area contributed by atoms with Crippen molar-refractivity contribution in [3.63, 3.8) is 0 Å². The third-order valence-electron chi connectivity index (χ3n) is 3.97. The third kappa shape index (κ3) is 4.72. The van der Waals surface area contributed by atoms with Gasteiger partial charge in [0.25, 0.3) is 5.91 Å². The van der Waals surface area contributed by atoms with Gasteiger partial charge in [-0.3, -0.25) is 4.79 Å². The van der Waals surface area contributed by atoms with Crippen LogP contribution in [0, 0.1) is 18.3 Å². The molecule has 0 saturated heterocycles. The van der Waals surface area contributed by atoms with Crippen LogP contribution in [0.5, 0.6) is 11.5 Å². The van der Waals surface area contributed by atoms with E-state index in [1.165, 1.54) is 6.20 Å². The fourth-order valence-electron chi connectivity index (χ4n) is 2.52. The number of fused-ring (bicyclic) bond motifs is 1.